The number of nitrogens with two attached hydrogens (primary N) is 1. The lowest BCUT2D eigenvalue weighted by molar-refractivity contribution is 0.0633. The number of anilines is 1. The highest BCUT2D eigenvalue weighted by molar-refractivity contribution is 5.99. The normalized spacial score (nSPS) is 19.9. The Morgan fingerprint density at radius 3 is 2.75 bits per heavy atom. The predicted molar refractivity (Wildman–Crippen MR) is 77.1 cm³/mol. The molecule has 3 rings (SSSR count). The molecule has 0 bridgehead atoms. The Balaban J connectivity index is 1.60. The summed E-state index contributed by atoms with van der Waals surface area (Å²) in [5.41, 5.74) is 3.72. The molecule has 3 N–H and O–H groups in total. The van der Waals surface area contributed by atoms with Crippen LogP contribution < -0.4 is 11.3 Å². The van der Waals surface area contributed by atoms with E-state index in [1.165, 1.54) is 19.4 Å². The number of rotatable bonds is 4. The molecule has 0 aromatic carbocycles. The van der Waals surface area contributed by atoms with Crippen LogP contribution in [0.25, 0.3) is 0 Å². The van der Waals surface area contributed by atoms with Gasteiger partial charge in [-0.2, -0.15) is 0 Å². The molecule has 0 spiro atoms. The van der Waals surface area contributed by atoms with Crippen LogP contribution in [0.3, 0.4) is 0 Å². The number of nitrogen functional groups attached to an aromatic ring is 1. The van der Waals surface area contributed by atoms with Crippen molar-refractivity contribution in [1.82, 2.24) is 14.8 Å². The zero-order chi connectivity index (χ0) is 13.9. The predicted octanol–water partition coefficient (Wildman–Crippen LogP) is 0.535. The molecular weight excluding hydrogens is 254 g/mol. The van der Waals surface area contributed by atoms with Crippen LogP contribution in [0, 0.1) is 5.92 Å². The number of nitrogens with zero attached hydrogens (tertiary/aromatic N) is 3. The van der Waals surface area contributed by atoms with Gasteiger partial charge < -0.3 is 10.3 Å². The molecule has 2 aliphatic rings. The second-order valence-electron chi connectivity index (χ2n) is 5.60. The van der Waals surface area contributed by atoms with Gasteiger partial charge in [-0.05, 0) is 24.8 Å². The first-order valence-corrected chi connectivity index (χ1v) is 7.20. The number of carbonyl (C=O) groups excluding carboxylic acids is 1. The van der Waals surface area contributed by atoms with Crippen molar-refractivity contribution in [3.8, 4) is 0 Å². The van der Waals surface area contributed by atoms with Crippen molar-refractivity contribution in [2.75, 3.05) is 38.1 Å². The molecule has 6 heteroatoms. The van der Waals surface area contributed by atoms with E-state index < -0.39 is 0 Å². The third-order valence-corrected chi connectivity index (χ3v) is 4.08. The van der Waals surface area contributed by atoms with Gasteiger partial charge in [-0.15, -0.1) is 0 Å². The first kappa shape index (κ1) is 13.3. The molecule has 0 radical (unpaired) electrons. The van der Waals surface area contributed by atoms with Crippen molar-refractivity contribution in [2.45, 2.75) is 12.8 Å². The summed E-state index contributed by atoms with van der Waals surface area (Å²) in [5, 5.41) is 0. The number of hydrogen-bond acceptors (Lipinski definition) is 5. The summed E-state index contributed by atoms with van der Waals surface area (Å²) >= 11 is 0. The van der Waals surface area contributed by atoms with Gasteiger partial charge in [0.05, 0.1) is 17.4 Å². The maximum absolute atomic E-state index is 12.5. The van der Waals surface area contributed by atoms with E-state index in [1.54, 1.807) is 18.5 Å². The third kappa shape index (κ3) is 2.91. The van der Waals surface area contributed by atoms with Crippen molar-refractivity contribution in [3.05, 3.63) is 24.0 Å². The number of hydrogen-bond donors (Lipinski definition) is 2. The Labute approximate surface area is 118 Å². The van der Waals surface area contributed by atoms with Crippen LogP contribution in [-0.2, 0) is 0 Å². The number of pyridine rings is 1. The molecule has 1 aromatic rings. The molecule has 1 aliphatic carbocycles. The fourth-order valence-corrected chi connectivity index (χ4v) is 2.67. The van der Waals surface area contributed by atoms with E-state index >= 15 is 0 Å². The number of piperazine rings is 1. The third-order valence-electron chi connectivity index (χ3n) is 4.08. The standard InChI is InChI=1S/C14H21N5O/c15-17-13-9-16-4-3-12(13)14(20)19-7-5-18(6-8-19)10-11-1-2-11/h3-4,9,11,17H,1-2,5-8,10,15H2. The second-order valence-corrected chi connectivity index (χ2v) is 5.60. The summed E-state index contributed by atoms with van der Waals surface area (Å²) in [6.07, 6.45) is 5.96. The van der Waals surface area contributed by atoms with Gasteiger partial charge in [0, 0.05) is 38.9 Å². The Morgan fingerprint density at radius 1 is 1.35 bits per heavy atom. The quantitative estimate of drug-likeness (QED) is 0.619. The van der Waals surface area contributed by atoms with Crippen LogP contribution >= 0.6 is 0 Å². The van der Waals surface area contributed by atoms with Gasteiger partial charge in [-0.3, -0.25) is 20.5 Å². The molecule has 1 aliphatic heterocycles. The molecule has 2 heterocycles. The van der Waals surface area contributed by atoms with Gasteiger partial charge in [-0.25, -0.2) is 0 Å². The molecule has 1 amide bonds. The van der Waals surface area contributed by atoms with Crippen LogP contribution in [0.5, 0.6) is 0 Å². The van der Waals surface area contributed by atoms with E-state index in [9.17, 15) is 4.79 Å². The summed E-state index contributed by atoms with van der Waals surface area (Å²) in [7, 11) is 0. The minimum atomic E-state index is 0.0337. The highest BCUT2D eigenvalue weighted by Gasteiger charge is 2.28. The molecular formula is C14H21N5O. The largest absolute Gasteiger partial charge is 0.336 e. The topological polar surface area (TPSA) is 74.5 Å². The Bertz CT molecular complexity index is 480. The minimum Gasteiger partial charge on any atom is -0.336 e. The fraction of sp³-hybridized carbons (Fsp3) is 0.571. The van der Waals surface area contributed by atoms with Crippen molar-refractivity contribution >= 4 is 11.6 Å². The molecule has 0 atom stereocenters. The van der Waals surface area contributed by atoms with E-state index in [0.717, 1.165) is 32.1 Å². The molecule has 2 fully saturated rings. The second kappa shape index (κ2) is 5.76. The SMILES string of the molecule is NNc1cnccc1C(=O)N1CCN(CC2CC2)CC1. The summed E-state index contributed by atoms with van der Waals surface area (Å²) in [6.45, 7) is 4.72. The number of hydrazine groups is 1. The number of nitrogens with one attached hydrogen (secondary N) is 1. The zero-order valence-corrected chi connectivity index (χ0v) is 11.6. The van der Waals surface area contributed by atoms with E-state index in [4.69, 9.17) is 5.84 Å². The summed E-state index contributed by atoms with van der Waals surface area (Å²) in [6, 6.07) is 1.72. The van der Waals surface area contributed by atoms with Crippen molar-refractivity contribution in [2.24, 2.45) is 11.8 Å². The van der Waals surface area contributed by atoms with Crippen molar-refractivity contribution < 1.29 is 4.79 Å². The van der Waals surface area contributed by atoms with Gasteiger partial charge in [-0.1, -0.05) is 0 Å². The van der Waals surface area contributed by atoms with Crippen LogP contribution in [0.4, 0.5) is 5.69 Å². The molecule has 108 valence electrons. The summed E-state index contributed by atoms with van der Waals surface area (Å²) in [4.78, 5) is 20.8. The Morgan fingerprint density at radius 2 is 2.10 bits per heavy atom. The van der Waals surface area contributed by atoms with E-state index in [-0.39, 0.29) is 5.91 Å². The van der Waals surface area contributed by atoms with Gasteiger partial charge in [0.15, 0.2) is 0 Å². The lowest BCUT2D eigenvalue weighted by atomic mass is 10.2. The molecule has 1 aromatic heterocycles. The Kier molecular flexibility index (Phi) is 3.84. The highest BCUT2D eigenvalue weighted by atomic mass is 16.2. The van der Waals surface area contributed by atoms with Crippen LogP contribution in [0.2, 0.25) is 0 Å². The van der Waals surface area contributed by atoms with Crippen molar-refractivity contribution in [1.29, 1.82) is 0 Å². The average Bonchev–Trinajstić information content (AvgIpc) is 3.31. The average molecular weight is 275 g/mol. The first-order chi connectivity index (χ1) is 9.78. The lowest BCUT2D eigenvalue weighted by Gasteiger charge is -2.35. The van der Waals surface area contributed by atoms with Gasteiger partial charge in [0.2, 0.25) is 0 Å². The van der Waals surface area contributed by atoms with E-state index in [2.05, 4.69) is 15.3 Å². The summed E-state index contributed by atoms with van der Waals surface area (Å²) in [5.74, 6) is 6.37. The number of aromatic nitrogens is 1. The number of amides is 1. The minimum absolute atomic E-state index is 0.0337. The molecule has 1 saturated carbocycles. The molecule has 1 saturated heterocycles. The molecule has 0 unspecified atom stereocenters. The molecule has 6 nitrogen and oxygen atoms in total. The molecule has 20 heavy (non-hydrogen) atoms. The summed E-state index contributed by atoms with van der Waals surface area (Å²) < 4.78 is 0. The Hall–Kier alpha value is -1.66. The lowest BCUT2D eigenvalue weighted by Crippen LogP contribution is -2.49. The van der Waals surface area contributed by atoms with Gasteiger partial charge in [0.1, 0.15) is 0 Å². The first-order valence-electron chi connectivity index (χ1n) is 7.20. The smallest absolute Gasteiger partial charge is 0.256 e. The zero-order valence-electron chi connectivity index (χ0n) is 11.6. The maximum atomic E-state index is 12.5. The van der Waals surface area contributed by atoms with Crippen LogP contribution in [-0.4, -0.2) is 53.4 Å². The van der Waals surface area contributed by atoms with E-state index in [0.29, 0.717) is 11.3 Å². The number of carbonyl (C=O) groups is 1. The van der Waals surface area contributed by atoms with Gasteiger partial charge in [0.25, 0.3) is 5.91 Å². The van der Waals surface area contributed by atoms with E-state index in [1.807, 2.05) is 4.90 Å². The van der Waals surface area contributed by atoms with Crippen LogP contribution in [0.15, 0.2) is 18.5 Å². The highest BCUT2D eigenvalue weighted by Crippen LogP contribution is 2.30. The fourth-order valence-electron chi connectivity index (χ4n) is 2.67. The monoisotopic (exact) mass is 275 g/mol. The van der Waals surface area contributed by atoms with Crippen molar-refractivity contribution in [3.63, 3.8) is 0 Å². The van der Waals surface area contributed by atoms with Gasteiger partial charge >= 0.3 is 0 Å². The van der Waals surface area contributed by atoms with Crippen LogP contribution in [0.1, 0.15) is 23.2 Å². The maximum Gasteiger partial charge on any atom is 0.256 e.